The lowest BCUT2D eigenvalue weighted by Crippen LogP contribution is -2.43. The smallest absolute Gasteiger partial charge is 0.339 e. The van der Waals surface area contributed by atoms with E-state index in [9.17, 15) is 14.0 Å². The van der Waals surface area contributed by atoms with Crippen LogP contribution in [0.5, 0.6) is 5.75 Å². The van der Waals surface area contributed by atoms with E-state index in [2.05, 4.69) is 5.32 Å². The van der Waals surface area contributed by atoms with E-state index in [1.54, 1.807) is 0 Å². The fourth-order valence-corrected chi connectivity index (χ4v) is 1.39. The summed E-state index contributed by atoms with van der Waals surface area (Å²) in [6.45, 7) is 5.10. The van der Waals surface area contributed by atoms with E-state index in [0.29, 0.717) is 0 Å². The normalized spacial score (nSPS) is 10.9. The lowest BCUT2D eigenvalue weighted by molar-refractivity contribution is -0.124. The Balaban J connectivity index is 2.73. The summed E-state index contributed by atoms with van der Waals surface area (Å²) < 4.78 is 18.0. The zero-order chi connectivity index (χ0) is 14.6. The van der Waals surface area contributed by atoms with Gasteiger partial charge in [0.25, 0.3) is 5.91 Å². The molecule has 2 N–H and O–H groups in total. The van der Waals surface area contributed by atoms with Crippen LogP contribution in [0.4, 0.5) is 4.39 Å². The molecule has 19 heavy (non-hydrogen) atoms. The molecule has 0 heterocycles. The monoisotopic (exact) mass is 269 g/mol. The third-order valence-corrected chi connectivity index (χ3v) is 2.05. The van der Waals surface area contributed by atoms with Crippen molar-refractivity contribution in [2.24, 2.45) is 0 Å². The molecule has 1 rings (SSSR count). The fraction of sp³-hybridized carbons (Fsp3) is 0.385. The van der Waals surface area contributed by atoms with Crippen molar-refractivity contribution in [3.63, 3.8) is 0 Å². The van der Waals surface area contributed by atoms with Crippen LogP contribution in [0, 0.1) is 5.82 Å². The number of nitrogens with one attached hydrogen (secondary N) is 1. The van der Waals surface area contributed by atoms with Gasteiger partial charge in [0.2, 0.25) is 0 Å². The van der Waals surface area contributed by atoms with Crippen molar-refractivity contribution in [2.45, 2.75) is 26.3 Å². The largest absolute Gasteiger partial charge is 0.483 e. The van der Waals surface area contributed by atoms with Gasteiger partial charge in [-0.05, 0) is 39.0 Å². The number of halogens is 1. The van der Waals surface area contributed by atoms with Crippen molar-refractivity contribution >= 4 is 11.9 Å². The van der Waals surface area contributed by atoms with Crippen LogP contribution in [-0.4, -0.2) is 29.1 Å². The van der Waals surface area contributed by atoms with E-state index < -0.39 is 17.3 Å². The molecule has 0 aliphatic heterocycles. The summed E-state index contributed by atoms with van der Waals surface area (Å²) in [5.41, 5.74) is -0.720. The van der Waals surface area contributed by atoms with Gasteiger partial charge in [-0.3, -0.25) is 4.79 Å². The van der Waals surface area contributed by atoms with Crippen molar-refractivity contribution in [2.75, 3.05) is 6.61 Å². The molecule has 0 fully saturated rings. The van der Waals surface area contributed by atoms with Crippen molar-refractivity contribution in [1.82, 2.24) is 5.32 Å². The molecule has 1 aromatic carbocycles. The van der Waals surface area contributed by atoms with E-state index >= 15 is 0 Å². The van der Waals surface area contributed by atoms with Crippen molar-refractivity contribution in [3.05, 3.63) is 29.6 Å². The molecule has 0 spiro atoms. The van der Waals surface area contributed by atoms with Crippen LogP contribution in [0.25, 0.3) is 0 Å². The third-order valence-electron chi connectivity index (χ3n) is 2.05. The van der Waals surface area contributed by atoms with Crippen molar-refractivity contribution in [1.29, 1.82) is 0 Å². The Morgan fingerprint density at radius 2 is 2.00 bits per heavy atom. The average Bonchev–Trinajstić information content (AvgIpc) is 2.24. The van der Waals surface area contributed by atoms with E-state index in [0.717, 1.165) is 12.1 Å². The van der Waals surface area contributed by atoms with E-state index in [-0.39, 0.29) is 23.8 Å². The third kappa shape index (κ3) is 4.95. The average molecular weight is 269 g/mol. The number of rotatable bonds is 4. The number of aromatic carboxylic acids is 1. The molecule has 0 unspecified atom stereocenters. The van der Waals surface area contributed by atoms with Gasteiger partial charge in [0, 0.05) is 5.54 Å². The molecule has 0 saturated heterocycles. The molecule has 0 aliphatic carbocycles. The Hall–Kier alpha value is -2.11. The number of hydrogen-bond acceptors (Lipinski definition) is 3. The Morgan fingerprint density at radius 3 is 2.53 bits per heavy atom. The van der Waals surface area contributed by atoms with Crippen LogP contribution in [0.15, 0.2) is 18.2 Å². The van der Waals surface area contributed by atoms with E-state index in [4.69, 9.17) is 9.84 Å². The van der Waals surface area contributed by atoms with Gasteiger partial charge < -0.3 is 15.2 Å². The first-order valence-corrected chi connectivity index (χ1v) is 5.66. The summed E-state index contributed by atoms with van der Waals surface area (Å²) in [7, 11) is 0. The first-order chi connectivity index (χ1) is 8.69. The molecule has 0 radical (unpaired) electrons. The van der Waals surface area contributed by atoms with Gasteiger partial charge in [0.05, 0.1) is 0 Å². The first-order valence-electron chi connectivity index (χ1n) is 5.66. The summed E-state index contributed by atoms with van der Waals surface area (Å²) in [5, 5.41) is 11.6. The number of carbonyl (C=O) groups is 2. The molecule has 0 aliphatic rings. The van der Waals surface area contributed by atoms with Crippen molar-refractivity contribution in [3.8, 4) is 5.75 Å². The minimum Gasteiger partial charge on any atom is -0.483 e. The van der Waals surface area contributed by atoms with Crippen molar-refractivity contribution < 1.29 is 23.8 Å². The molecule has 1 amide bonds. The predicted molar refractivity (Wildman–Crippen MR) is 66.8 cm³/mol. The van der Waals surface area contributed by atoms with Crippen LogP contribution in [0.1, 0.15) is 31.1 Å². The van der Waals surface area contributed by atoms with Crippen LogP contribution < -0.4 is 10.1 Å². The Morgan fingerprint density at radius 1 is 1.37 bits per heavy atom. The maximum atomic E-state index is 12.9. The SMILES string of the molecule is CC(C)(C)NC(=O)COc1ccc(F)cc1C(=O)O. The number of carboxylic acids is 1. The minimum atomic E-state index is -1.31. The highest BCUT2D eigenvalue weighted by Crippen LogP contribution is 2.19. The summed E-state index contributed by atoms with van der Waals surface area (Å²) in [4.78, 5) is 22.4. The zero-order valence-corrected chi connectivity index (χ0v) is 11.0. The first kappa shape index (κ1) is 14.9. The second-order valence-electron chi connectivity index (χ2n) is 5.03. The van der Waals surface area contributed by atoms with Gasteiger partial charge in [0.15, 0.2) is 6.61 Å². The molecule has 0 aromatic heterocycles. The summed E-state index contributed by atoms with van der Waals surface area (Å²) in [5.74, 6) is -2.42. The number of ether oxygens (including phenoxy) is 1. The Kier molecular flexibility index (Phi) is 4.47. The summed E-state index contributed by atoms with van der Waals surface area (Å²) in [6.07, 6.45) is 0. The quantitative estimate of drug-likeness (QED) is 0.874. The van der Waals surface area contributed by atoms with Gasteiger partial charge in [-0.2, -0.15) is 0 Å². The highest BCUT2D eigenvalue weighted by molar-refractivity contribution is 5.91. The van der Waals surface area contributed by atoms with E-state index in [1.165, 1.54) is 6.07 Å². The molecule has 5 nitrogen and oxygen atoms in total. The molecule has 0 saturated carbocycles. The zero-order valence-electron chi connectivity index (χ0n) is 11.0. The fourth-order valence-electron chi connectivity index (χ4n) is 1.39. The van der Waals surface area contributed by atoms with Crippen LogP contribution in [0.3, 0.4) is 0 Å². The Bertz CT molecular complexity index is 494. The maximum Gasteiger partial charge on any atom is 0.339 e. The Labute approximate surface area is 110 Å². The summed E-state index contributed by atoms with van der Waals surface area (Å²) >= 11 is 0. The molecule has 6 heteroatoms. The number of benzene rings is 1. The van der Waals surface area contributed by atoms with Gasteiger partial charge in [-0.1, -0.05) is 0 Å². The molecule has 0 atom stereocenters. The predicted octanol–water partition coefficient (Wildman–Crippen LogP) is 1.82. The van der Waals surface area contributed by atoms with Gasteiger partial charge in [-0.15, -0.1) is 0 Å². The standard InChI is InChI=1S/C13H16FNO4/c1-13(2,3)15-11(16)7-19-10-5-4-8(14)6-9(10)12(17)18/h4-6H,7H2,1-3H3,(H,15,16)(H,17,18). The highest BCUT2D eigenvalue weighted by Gasteiger charge is 2.16. The minimum absolute atomic E-state index is 0.0436. The van der Waals surface area contributed by atoms with Gasteiger partial charge in [0.1, 0.15) is 17.1 Å². The van der Waals surface area contributed by atoms with Crippen LogP contribution in [0.2, 0.25) is 0 Å². The summed E-state index contributed by atoms with van der Waals surface area (Å²) in [6, 6.07) is 3.10. The number of carbonyl (C=O) groups excluding carboxylic acids is 1. The molecule has 104 valence electrons. The number of carboxylic acid groups (broad SMARTS) is 1. The second-order valence-corrected chi connectivity index (χ2v) is 5.03. The van der Waals surface area contributed by atoms with E-state index in [1.807, 2.05) is 20.8 Å². The molecule has 1 aromatic rings. The highest BCUT2D eigenvalue weighted by atomic mass is 19.1. The maximum absolute atomic E-state index is 12.9. The number of hydrogen-bond donors (Lipinski definition) is 2. The lowest BCUT2D eigenvalue weighted by Gasteiger charge is -2.20. The molecule has 0 bridgehead atoms. The number of amides is 1. The van der Waals surface area contributed by atoms with Crippen LogP contribution in [-0.2, 0) is 4.79 Å². The topological polar surface area (TPSA) is 75.6 Å². The van der Waals surface area contributed by atoms with Gasteiger partial charge in [-0.25, -0.2) is 9.18 Å². The second kappa shape index (κ2) is 5.69. The molecular formula is C13H16FNO4. The van der Waals surface area contributed by atoms with Crippen LogP contribution >= 0.6 is 0 Å². The van der Waals surface area contributed by atoms with Gasteiger partial charge >= 0.3 is 5.97 Å². The molecular weight excluding hydrogens is 253 g/mol. The lowest BCUT2D eigenvalue weighted by atomic mass is 10.1.